The van der Waals surface area contributed by atoms with Crippen LogP contribution in [0, 0.1) is 5.92 Å². The Balaban J connectivity index is 2.13. The maximum Gasteiger partial charge on any atom is 0.326 e. The summed E-state index contributed by atoms with van der Waals surface area (Å²) in [6.07, 6.45) is 0.527. The topological polar surface area (TPSA) is 77.8 Å². The fourth-order valence-corrected chi connectivity index (χ4v) is 2.61. The van der Waals surface area contributed by atoms with Crippen molar-refractivity contribution in [1.29, 1.82) is 0 Å². The van der Waals surface area contributed by atoms with Gasteiger partial charge in [0, 0.05) is 25.3 Å². The summed E-state index contributed by atoms with van der Waals surface area (Å²) in [6.45, 7) is 0.386. The molecule has 20 heavy (non-hydrogen) atoms. The lowest BCUT2D eigenvalue weighted by Gasteiger charge is -2.24. The van der Waals surface area contributed by atoms with Gasteiger partial charge in [0.1, 0.15) is 11.8 Å². The minimum Gasteiger partial charge on any atom is -0.508 e. The number of carboxylic acid groups (broad SMARTS) is 1. The maximum atomic E-state index is 11.9. The molecule has 2 unspecified atom stereocenters. The molecule has 0 aromatic heterocycles. The number of aromatic hydroxyl groups is 1. The van der Waals surface area contributed by atoms with Gasteiger partial charge in [-0.15, -0.1) is 11.6 Å². The summed E-state index contributed by atoms with van der Waals surface area (Å²) in [5.74, 6) is -0.692. The Bertz CT molecular complexity index is 502. The van der Waals surface area contributed by atoms with E-state index in [1.54, 1.807) is 12.1 Å². The lowest BCUT2D eigenvalue weighted by molar-refractivity contribution is -0.148. The van der Waals surface area contributed by atoms with Crippen LogP contribution in [0.2, 0.25) is 0 Å². The lowest BCUT2D eigenvalue weighted by atomic mass is 10.0. The van der Waals surface area contributed by atoms with E-state index >= 15 is 0 Å². The first-order valence-electron chi connectivity index (χ1n) is 6.37. The van der Waals surface area contributed by atoms with Gasteiger partial charge in [-0.05, 0) is 23.6 Å². The van der Waals surface area contributed by atoms with Gasteiger partial charge >= 0.3 is 5.97 Å². The normalized spacial score (nSPS) is 20.1. The van der Waals surface area contributed by atoms with Crippen LogP contribution in [0.25, 0.3) is 0 Å². The van der Waals surface area contributed by atoms with E-state index in [9.17, 15) is 19.8 Å². The minimum atomic E-state index is -1.03. The van der Waals surface area contributed by atoms with Crippen LogP contribution in [-0.2, 0) is 16.0 Å². The summed E-state index contributed by atoms with van der Waals surface area (Å²) < 4.78 is 0. The van der Waals surface area contributed by atoms with Crippen LogP contribution in [0.4, 0.5) is 0 Å². The highest BCUT2D eigenvalue weighted by molar-refractivity contribution is 6.18. The summed E-state index contributed by atoms with van der Waals surface area (Å²) in [6, 6.07) is 5.43. The van der Waals surface area contributed by atoms with Gasteiger partial charge in [-0.2, -0.15) is 0 Å². The number of aliphatic carboxylic acids is 1. The first-order valence-corrected chi connectivity index (χ1v) is 6.91. The molecular weight excluding hydrogens is 282 g/mol. The number of rotatable bonds is 5. The highest BCUT2D eigenvalue weighted by Gasteiger charge is 2.37. The number of amides is 1. The molecule has 1 aliphatic heterocycles. The molecule has 1 aromatic rings. The number of likely N-dealkylation sites (tertiary alicyclic amines) is 1. The second-order valence-electron chi connectivity index (χ2n) is 5.00. The zero-order valence-corrected chi connectivity index (χ0v) is 11.6. The van der Waals surface area contributed by atoms with Crippen molar-refractivity contribution in [1.82, 2.24) is 4.90 Å². The molecule has 0 aliphatic carbocycles. The van der Waals surface area contributed by atoms with E-state index in [4.69, 9.17) is 11.6 Å². The molecule has 1 amide bonds. The molecule has 0 saturated carbocycles. The Morgan fingerprint density at radius 1 is 1.40 bits per heavy atom. The number of benzene rings is 1. The number of carbonyl (C=O) groups is 2. The first kappa shape index (κ1) is 14.7. The number of alkyl halides is 1. The van der Waals surface area contributed by atoms with E-state index in [-0.39, 0.29) is 24.0 Å². The summed E-state index contributed by atoms with van der Waals surface area (Å²) in [7, 11) is 0. The molecule has 6 heteroatoms. The number of hydrogen-bond donors (Lipinski definition) is 2. The van der Waals surface area contributed by atoms with Gasteiger partial charge in [0.2, 0.25) is 5.91 Å². The summed E-state index contributed by atoms with van der Waals surface area (Å²) in [4.78, 5) is 24.7. The molecular formula is C14H16ClNO4. The number of carboxylic acids is 1. The van der Waals surface area contributed by atoms with Crippen molar-refractivity contribution in [2.75, 3.05) is 12.4 Å². The Labute approximate surface area is 121 Å². The standard InChI is InChI=1S/C14H16ClNO4/c15-7-10-6-13(18)16(8-10)12(14(19)20)5-9-1-3-11(17)4-2-9/h1-4,10,12,17H,5-8H2,(H,19,20). The summed E-state index contributed by atoms with van der Waals surface area (Å²) in [5, 5.41) is 18.6. The van der Waals surface area contributed by atoms with E-state index < -0.39 is 12.0 Å². The molecule has 0 bridgehead atoms. The van der Waals surface area contributed by atoms with Crippen molar-refractivity contribution in [3.63, 3.8) is 0 Å². The van der Waals surface area contributed by atoms with Gasteiger partial charge in [0.05, 0.1) is 0 Å². The summed E-state index contributed by atoms with van der Waals surface area (Å²) in [5.41, 5.74) is 0.761. The third-order valence-corrected chi connectivity index (χ3v) is 3.92. The second-order valence-corrected chi connectivity index (χ2v) is 5.30. The van der Waals surface area contributed by atoms with E-state index in [2.05, 4.69) is 0 Å². The van der Waals surface area contributed by atoms with Gasteiger partial charge in [-0.1, -0.05) is 12.1 Å². The van der Waals surface area contributed by atoms with Crippen molar-refractivity contribution in [3.05, 3.63) is 29.8 Å². The van der Waals surface area contributed by atoms with Crippen molar-refractivity contribution in [3.8, 4) is 5.75 Å². The van der Waals surface area contributed by atoms with Crippen LogP contribution in [0.1, 0.15) is 12.0 Å². The highest BCUT2D eigenvalue weighted by Crippen LogP contribution is 2.23. The average Bonchev–Trinajstić information content (AvgIpc) is 2.79. The van der Waals surface area contributed by atoms with Crippen molar-refractivity contribution in [2.45, 2.75) is 18.9 Å². The smallest absolute Gasteiger partial charge is 0.326 e. The predicted octanol–water partition coefficient (Wildman–Crippen LogP) is 1.48. The van der Waals surface area contributed by atoms with E-state index in [1.807, 2.05) is 0 Å². The van der Waals surface area contributed by atoms with E-state index in [1.165, 1.54) is 17.0 Å². The fourth-order valence-electron chi connectivity index (χ4n) is 2.40. The Morgan fingerprint density at radius 2 is 2.05 bits per heavy atom. The average molecular weight is 298 g/mol. The zero-order chi connectivity index (χ0) is 14.7. The number of phenolic OH excluding ortho intramolecular Hbond substituents is 1. The van der Waals surface area contributed by atoms with Gasteiger partial charge in [-0.3, -0.25) is 4.79 Å². The van der Waals surface area contributed by atoms with Crippen LogP contribution in [0.15, 0.2) is 24.3 Å². The van der Waals surface area contributed by atoms with E-state index in [0.717, 1.165) is 5.56 Å². The highest BCUT2D eigenvalue weighted by atomic mass is 35.5. The molecule has 2 atom stereocenters. The van der Waals surface area contributed by atoms with Crippen molar-refractivity contribution < 1.29 is 19.8 Å². The SMILES string of the molecule is O=C(O)C(Cc1ccc(O)cc1)N1CC(CCl)CC1=O. The largest absolute Gasteiger partial charge is 0.508 e. The lowest BCUT2D eigenvalue weighted by Crippen LogP contribution is -2.43. The molecule has 108 valence electrons. The molecule has 1 aliphatic rings. The second kappa shape index (κ2) is 6.13. The van der Waals surface area contributed by atoms with E-state index in [0.29, 0.717) is 18.8 Å². The molecule has 1 saturated heterocycles. The Morgan fingerprint density at radius 3 is 2.55 bits per heavy atom. The van der Waals surface area contributed by atoms with Crippen LogP contribution >= 0.6 is 11.6 Å². The number of halogens is 1. The molecule has 0 spiro atoms. The monoisotopic (exact) mass is 297 g/mol. The van der Waals surface area contributed by atoms with Crippen LogP contribution < -0.4 is 0 Å². The van der Waals surface area contributed by atoms with Crippen molar-refractivity contribution >= 4 is 23.5 Å². The molecule has 0 radical (unpaired) electrons. The first-order chi connectivity index (χ1) is 9.51. The molecule has 2 N–H and O–H groups in total. The van der Waals surface area contributed by atoms with Crippen LogP contribution in [0.3, 0.4) is 0 Å². The number of phenols is 1. The Hall–Kier alpha value is -1.75. The summed E-state index contributed by atoms with van der Waals surface area (Å²) >= 11 is 5.75. The maximum absolute atomic E-state index is 11.9. The van der Waals surface area contributed by atoms with Gasteiger partial charge < -0.3 is 15.1 Å². The van der Waals surface area contributed by atoms with Crippen LogP contribution in [-0.4, -0.2) is 45.5 Å². The number of nitrogens with zero attached hydrogens (tertiary/aromatic N) is 1. The molecule has 1 aromatic carbocycles. The fraction of sp³-hybridized carbons (Fsp3) is 0.429. The Kier molecular flexibility index (Phi) is 4.49. The zero-order valence-electron chi connectivity index (χ0n) is 10.8. The van der Waals surface area contributed by atoms with Crippen molar-refractivity contribution in [2.24, 2.45) is 5.92 Å². The number of carbonyl (C=O) groups excluding carboxylic acids is 1. The quantitative estimate of drug-likeness (QED) is 0.807. The van der Waals surface area contributed by atoms with Gasteiger partial charge in [0.15, 0.2) is 0 Å². The third-order valence-electron chi connectivity index (χ3n) is 3.48. The molecule has 1 fully saturated rings. The molecule has 1 heterocycles. The number of hydrogen-bond acceptors (Lipinski definition) is 3. The molecule has 5 nitrogen and oxygen atoms in total. The third kappa shape index (κ3) is 3.22. The predicted molar refractivity (Wildman–Crippen MR) is 73.8 cm³/mol. The van der Waals surface area contributed by atoms with Gasteiger partial charge in [0.25, 0.3) is 0 Å². The minimum absolute atomic E-state index is 0.0193. The van der Waals surface area contributed by atoms with Crippen LogP contribution in [0.5, 0.6) is 5.75 Å². The molecule has 2 rings (SSSR count). The van der Waals surface area contributed by atoms with Gasteiger partial charge in [-0.25, -0.2) is 4.79 Å².